The van der Waals surface area contributed by atoms with Gasteiger partial charge in [-0.25, -0.2) is 8.42 Å². The van der Waals surface area contributed by atoms with E-state index < -0.39 is 22.5 Å². The number of hydrogen-bond donors (Lipinski definition) is 1. The number of carboxylic acids is 1. The van der Waals surface area contributed by atoms with Crippen LogP contribution in [0.1, 0.15) is 0 Å². The molecule has 0 amide bonds. The Bertz CT molecular complexity index is 741. The maximum absolute atomic E-state index is 12.2. The van der Waals surface area contributed by atoms with Gasteiger partial charge in [-0.15, -0.1) is 0 Å². The Morgan fingerprint density at radius 3 is 2.14 bits per heavy atom. The summed E-state index contributed by atoms with van der Waals surface area (Å²) >= 11 is 0. The van der Waals surface area contributed by atoms with Crippen molar-refractivity contribution in [1.82, 2.24) is 4.31 Å². The van der Waals surface area contributed by atoms with E-state index >= 15 is 0 Å². The molecular formula is C15H15NO5S. The van der Waals surface area contributed by atoms with Gasteiger partial charge in [0.2, 0.25) is 10.0 Å². The minimum atomic E-state index is -3.83. The first kappa shape index (κ1) is 16.0. The van der Waals surface area contributed by atoms with E-state index in [2.05, 4.69) is 0 Å². The third kappa shape index (κ3) is 3.84. The molecule has 0 spiro atoms. The molecule has 2 rings (SSSR count). The van der Waals surface area contributed by atoms with Crippen LogP contribution in [0.2, 0.25) is 0 Å². The van der Waals surface area contributed by atoms with Gasteiger partial charge in [-0.3, -0.25) is 4.79 Å². The second-order valence-electron chi connectivity index (χ2n) is 4.54. The van der Waals surface area contributed by atoms with Crippen molar-refractivity contribution in [1.29, 1.82) is 0 Å². The molecule has 0 radical (unpaired) electrons. The molecule has 0 unspecified atom stereocenters. The monoisotopic (exact) mass is 321 g/mol. The SMILES string of the molecule is CN(CC(=O)O)S(=O)(=O)c1ccc(Oc2ccccc2)cc1. The van der Waals surface area contributed by atoms with Crippen LogP contribution < -0.4 is 4.74 Å². The van der Waals surface area contributed by atoms with Crippen molar-refractivity contribution >= 4 is 16.0 Å². The van der Waals surface area contributed by atoms with Gasteiger partial charge in [0.15, 0.2) is 0 Å². The van der Waals surface area contributed by atoms with Gasteiger partial charge in [0.05, 0.1) is 4.90 Å². The highest BCUT2D eigenvalue weighted by atomic mass is 32.2. The van der Waals surface area contributed by atoms with Gasteiger partial charge in [0, 0.05) is 7.05 Å². The molecule has 116 valence electrons. The Hall–Kier alpha value is -2.38. The molecule has 1 N–H and O–H groups in total. The zero-order valence-corrected chi connectivity index (χ0v) is 12.7. The number of nitrogens with zero attached hydrogens (tertiary/aromatic N) is 1. The van der Waals surface area contributed by atoms with Gasteiger partial charge in [-0.05, 0) is 36.4 Å². The maximum Gasteiger partial charge on any atom is 0.318 e. The Morgan fingerprint density at radius 2 is 1.59 bits per heavy atom. The van der Waals surface area contributed by atoms with Crippen molar-refractivity contribution in [2.75, 3.05) is 13.6 Å². The average molecular weight is 321 g/mol. The van der Waals surface area contributed by atoms with E-state index in [1.54, 1.807) is 12.1 Å². The summed E-state index contributed by atoms with van der Waals surface area (Å²) in [7, 11) is -2.61. The average Bonchev–Trinajstić information content (AvgIpc) is 2.48. The highest BCUT2D eigenvalue weighted by Crippen LogP contribution is 2.23. The minimum Gasteiger partial charge on any atom is -0.480 e. The van der Waals surface area contributed by atoms with E-state index in [0.717, 1.165) is 4.31 Å². The maximum atomic E-state index is 12.2. The zero-order chi connectivity index (χ0) is 16.2. The van der Waals surface area contributed by atoms with Gasteiger partial charge in [-0.1, -0.05) is 18.2 Å². The van der Waals surface area contributed by atoms with Crippen LogP contribution in [-0.4, -0.2) is 37.4 Å². The Kier molecular flexibility index (Phi) is 4.79. The number of likely N-dealkylation sites (N-methyl/N-ethyl adjacent to an activating group) is 1. The van der Waals surface area contributed by atoms with Crippen LogP contribution in [0.25, 0.3) is 0 Å². The molecule has 0 saturated heterocycles. The number of benzene rings is 2. The van der Waals surface area contributed by atoms with Gasteiger partial charge in [0.1, 0.15) is 18.0 Å². The summed E-state index contributed by atoms with van der Waals surface area (Å²) in [4.78, 5) is 10.6. The second-order valence-corrected chi connectivity index (χ2v) is 6.59. The summed E-state index contributed by atoms with van der Waals surface area (Å²) in [5.74, 6) is -0.0813. The van der Waals surface area contributed by atoms with E-state index in [0.29, 0.717) is 11.5 Å². The van der Waals surface area contributed by atoms with E-state index in [1.165, 1.54) is 31.3 Å². The van der Waals surface area contributed by atoms with E-state index in [9.17, 15) is 13.2 Å². The standard InChI is InChI=1S/C15H15NO5S/c1-16(11-15(17)18)22(19,20)14-9-7-13(8-10-14)21-12-5-3-2-4-6-12/h2-10H,11H2,1H3,(H,17,18). The number of aliphatic carboxylic acids is 1. The van der Waals surface area contributed by atoms with Crippen LogP contribution in [0, 0.1) is 0 Å². The Labute approximate surface area is 128 Å². The van der Waals surface area contributed by atoms with Crippen molar-refractivity contribution in [3.63, 3.8) is 0 Å². The molecule has 6 nitrogen and oxygen atoms in total. The predicted molar refractivity (Wildman–Crippen MR) is 80.4 cm³/mol. The Balaban J connectivity index is 2.16. The fourth-order valence-electron chi connectivity index (χ4n) is 1.76. The van der Waals surface area contributed by atoms with Crippen molar-refractivity contribution < 1.29 is 23.1 Å². The largest absolute Gasteiger partial charge is 0.480 e. The van der Waals surface area contributed by atoms with E-state index in [-0.39, 0.29) is 4.90 Å². The number of ether oxygens (including phenoxy) is 1. The molecule has 0 aromatic heterocycles. The molecule has 7 heteroatoms. The van der Waals surface area contributed by atoms with Gasteiger partial charge < -0.3 is 9.84 Å². The van der Waals surface area contributed by atoms with Crippen molar-refractivity contribution in [2.45, 2.75) is 4.90 Å². The molecule has 0 aliphatic heterocycles. The smallest absolute Gasteiger partial charge is 0.318 e. The number of rotatable bonds is 6. The third-order valence-electron chi connectivity index (χ3n) is 2.87. The van der Waals surface area contributed by atoms with Crippen LogP contribution >= 0.6 is 0 Å². The molecule has 0 saturated carbocycles. The number of para-hydroxylation sites is 1. The highest BCUT2D eigenvalue weighted by Gasteiger charge is 2.22. The Morgan fingerprint density at radius 1 is 1.05 bits per heavy atom. The summed E-state index contributed by atoms with van der Waals surface area (Å²) in [6.45, 7) is -0.593. The van der Waals surface area contributed by atoms with Crippen LogP contribution in [0.4, 0.5) is 0 Å². The van der Waals surface area contributed by atoms with Crippen LogP contribution in [0.5, 0.6) is 11.5 Å². The fourth-order valence-corrected chi connectivity index (χ4v) is 2.88. The first-order valence-electron chi connectivity index (χ1n) is 6.41. The molecule has 0 fully saturated rings. The van der Waals surface area contributed by atoms with Crippen molar-refractivity contribution in [3.8, 4) is 11.5 Å². The van der Waals surface area contributed by atoms with E-state index in [1.807, 2.05) is 18.2 Å². The minimum absolute atomic E-state index is 0.0108. The van der Waals surface area contributed by atoms with E-state index in [4.69, 9.17) is 9.84 Å². The molecule has 0 aliphatic carbocycles. The normalized spacial score (nSPS) is 11.4. The van der Waals surface area contributed by atoms with Gasteiger partial charge in [-0.2, -0.15) is 4.31 Å². The molecule has 22 heavy (non-hydrogen) atoms. The molecule has 0 heterocycles. The van der Waals surface area contributed by atoms with Crippen LogP contribution in [0.15, 0.2) is 59.5 Å². The van der Waals surface area contributed by atoms with Crippen molar-refractivity contribution in [3.05, 3.63) is 54.6 Å². The highest BCUT2D eigenvalue weighted by molar-refractivity contribution is 7.89. The van der Waals surface area contributed by atoms with Gasteiger partial charge in [0.25, 0.3) is 0 Å². The number of sulfonamides is 1. The summed E-state index contributed by atoms with van der Waals surface area (Å²) < 4.78 is 30.7. The quantitative estimate of drug-likeness (QED) is 0.881. The number of carbonyl (C=O) groups is 1. The molecule has 0 aliphatic rings. The summed E-state index contributed by atoms with van der Waals surface area (Å²) in [5.41, 5.74) is 0. The molecule has 0 bridgehead atoms. The molecule has 2 aromatic rings. The lowest BCUT2D eigenvalue weighted by molar-refractivity contribution is -0.137. The molecule has 0 atom stereocenters. The van der Waals surface area contributed by atoms with Crippen molar-refractivity contribution in [2.24, 2.45) is 0 Å². The second kappa shape index (κ2) is 6.59. The number of hydrogen-bond acceptors (Lipinski definition) is 4. The predicted octanol–water partition coefficient (Wildman–Crippen LogP) is 2.18. The summed E-state index contributed by atoms with van der Waals surface area (Å²) in [5, 5.41) is 8.68. The zero-order valence-electron chi connectivity index (χ0n) is 11.8. The lowest BCUT2D eigenvalue weighted by Crippen LogP contribution is -2.31. The lowest BCUT2D eigenvalue weighted by Gasteiger charge is -2.15. The summed E-state index contributed by atoms with van der Waals surface area (Å²) in [6, 6.07) is 14.9. The third-order valence-corrected chi connectivity index (χ3v) is 4.69. The molecule has 2 aromatic carbocycles. The first-order valence-corrected chi connectivity index (χ1v) is 7.85. The van der Waals surface area contributed by atoms with Crippen LogP contribution in [-0.2, 0) is 14.8 Å². The fraction of sp³-hybridized carbons (Fsp3) is 0.133. The van der Waals surface area contributed by atoms with Crippen LogP contribution in [0.3, 0.4) is 0 Å². The topological polar surface area (TPSA) is 83.9 Å². The summed E-state index contributed by atoms with van der Waals surface area (Å²) in [6.07, 6.45) is 0. The molecular weight excluding hydrogens is 306 g/mol. The first-order chi connectivity index (χ1) is 10.4. The number of carboxylic acid groups (broad SMARTS) is 1. The lowest BCUT2D eigenvalue weighted by atomic mass is 10.3. The van der Waals surface area contributed by atoms with Gasteiger partial charge >= 0.3 is 5.97 Å².